The molecule has 0 bridgehead atoms. The van der Waals surface area contributed by atoms with Crippen molar-refractivity contribution in [3.05, 3.63) is 23.8 Å². The second-order valence-electron chi connectivity index (χ2n) is 8.61. The molecule has 4 heteroatoms. The third-order valence-corrected chi connectivity index (χ3v) is 7.21. The van der Waals surface area contributed by atoms with Crippen molar-refractivity contribution in [2.24, 2.45) is 23.2 Å². The minimum Gasteiger partial charge on any atom is -0.461 e. The summed E-state index contributed by atoms with van der Waals surface area (Å²) >= 11 is 0. The fraction of sp³-hybridized carbons (Fsp3) is 0.714. The Morgan fingerprint density at radius 2 is 2.04 bits per heavy atom. The van der Waals surface area contributed by atoms with E-state index in [4.69, 9.17) is 9.47 Å². The van der Waals surface area contributed by atoms with Crippen LogP contribution in [-0.4, -0.2) is 24.1 Å². The zero-order valence-electron chi connectivity index (χ0n) is 15.3. The number of esters is 2. The Bertz CT molecular complexity index is 642. The van der Waals surface area contributed by atoms with Crippen LogP contribution in [-0.2, 0) is 19.1 Å². The summed E-state index contributed by atoms with van der Waals surface area (Å²) in [5.41, 5.74) is 1.71. The molecule has 4 aliphatic rings. The second kappa shape index (κ2) is 6.00. The SMILES string of the molecule is C=C1C(=O)O[C@@H]2[C@H]3C(C)=CC[C@@H](OC(=O)C4CCCC4)[C@]3(C)CC[C@@H]12. The fourth-order valence-corrected chi connectivity index (χ4v) is 5.68. The van der Waals surface area contributed by atoms with Gasteiger partial charge in [-0.25, -0.2) is 4.79 Å². The number of fused-ring (bicyclic) bond motifs is 3. The standard InChI is InChI=1S/C21H28O4/c1-12-8-9-16(24-20(23)14-6-4-5-7-14)21(3)11-10-15-13(2)19(22)25-18(15)17(12)21/h8,14-18H,2,4-7,9-11H2,1,3H3/t15-,16+,17+,18-,21-/m0/s1. The van der Waals surface area contributed by atoms with E-state index < -0.39 is 0 Å². The number of hydrogen-bond acceptors (Lipinski definition) is 4. The topological polar surface area (TPSA) is 52.6 Å². The van der Waals surface area contributed by atoms with Gasteiger partial charge in [0.25, 0.3) is 0 Å². The van der Waals surface area contributed by atoms with Gasteiger partial charge in [-0.1, -0.05) is 38.0 Å². The van der Waals surface area contributed by atoms with Crippen LogP contribution in [0.4, 0.5) is 0 Å². The van der Waals surface area contributed by atoms with Crippen LogP contribution in [0.2, 0.25) is 0 Å². The van der Waals surface area contributed by atoms with E-state index in [2.05, 4.69) is 26.5 Å². The van der Waals surface area contributed by atoms with Crippen LogP contribution >= 0.6 is 0 Å². The second-order valence-corrected chi connectivity index (χ2v) is 8.61. The molecule has 3 aliphatic carbocycles. The van der Waals surface area contributed by atoms with Gasteiger partial charge in [0.1, 0.15) is 12.2 Å². The van der Waals surface area contributed by atoms with Crippen molar-refractivity contribution in [3.8, 4) is 0 Å². The molecule has 0 amide bonds. The highest BCUT2D eigenvalue weighted by Crippen LogP contribution is 2.57. The molecular formula is C21H28O4. The number of ether oxygens (including phenoxy) is 2. The quantitative estimate of drug-likeness (QED) is 0.432. The minimum atomic E-state index is -0.253. The van der Waals surface area contributed by atoms with Crippen molar-refractivity contribution >= 4 is 11.9 Å². The van der Waals surface area contributed by atoms with Crippen LogP contribution in [0.15, 0.2) is 23.8 Å². The molecule has 0 radical (unpaired) electrons. The van der Waals surface area contributed by atoms with Gasteiger partial charge in [-0.05, 0) is 32.6 Å². The molecule has 1 heterocycles. The average molecular weight is 344 g/mol. The molecule has 25 heavy (non-hydrogen) atoms. The fourth-order valence-electron chi connectivity index (χ4n) is 5.68. The van der Waals surface area contributed by atoms with E-state index in [9.17, 15) is 9.59 Å². The summed E-state index contributed by atoms with van der Waals surface area (Å²) in [7, 11) is 0. The maximum atomic E-state index is 12.6. The summed E-state index contributed by atoms with van der Waals surface area (Å²) in [4.78, 5) is 24.6. The van der Waals surface area contributed by atoms with E-state index in [0.29, 0.717) is 5.57 Å². The monoisotopic (exact) mass is 344 g/mol. The van der Waals surface area contributed by atoms with Crippen LogP contribution < -0.4 is 0 Å². The molecule has 0 aromatic carbocycles. The summed E-state index contributed by atoms with van der Waals surface area (Å²) in [5, 5.41) is 0. The van der Waals surface area contributed by atoms with Gasteiger partial charge >= 0.3 is 11.9 Å². The molecule has 4 nitrogen and oxygen atoms in total. The van der Waals surface area contributed by atoms with Gasteiger partial charge in [-0.2, -0.15) is 0 Å². The van der Waals surface area contributed by atoms with Crippen molar-refractivity contribution in [3.63, 3.8) is 0 Å². The Hall–Kier alpha value is -1.58. The highest BCUT2D eigenvalue weighted by molar-refractivity contribution is 5.91. The summed E-state index contributed by atoms with van der Waals surface area (Å²) in [6.45, 7) is 8.28. The molecule has 2 saturated carbocycles. The highest BCUT2D eigenvalue weighted by Gasteiger charge is 2.58. The van der Waals surface area contributed by atoms with Gasteiger partial charge in [0, 0.05) is 29.2 Å². The summed E-state index contributed by atoms with van der Waals surface area (Å²) in [5.74, 6) is 0.0276. The maximum absolute atomic E-state index is 12.6. The first kappa shape index (κ1) is 16.9. The normalized spacial score (nSPS) is 41.0. The number of carbonyl (C=O) groups is 2. The molecule has 5 atom stereocenters. The Kier molecular flexibility index (Phi) is 4.04. The molecule has 136 valence electrons. The third-order valence-electron chi connectivity index (χ3n) is 7.21. The molecular weight excluding hydrogens is 316 g/mol. The van der Waals surface area contributed by atoms with Gasteiger partial charge in [-0.15, -0.1) is 0 Å². The predicted octanol–water partition coefficient (Wildman–Crippen LogP) is 3.95. The van der Waals surface area contributed by atoms with Crippen LogP contribution in [0.5, 0.6) is 0 Å². The van der Waals surface area contributed by atoms with Crippen molar-refractivity contribution in [2.75, 3.05) is 0 Å². The van der Waals surface area contributed by atoms with Gasteiger partial charge < -0.3 is 9.47 Å². The number of rotatable bonds is 2. The minimum absolute atomic E-state index is 0.0228. The van der Waals surface area contributed by atoms with Crippen molar-refractivity contribution in [1.29, 1.82) is 0 Å². The molecule has 1 aliphatic heterocycles. The predicted molar refractivity (Wildman–Crippen MR) is 93.6 cm³/mol. The van der Waals surface area contributed by atoms with Gasteiger partial charge in [0.15, 0.2) is 0 Å². The van der Waals surface area contributed by atoms with Crippen molar-refractivity contribution < 1.29 is 19.1 Å². The zero-order valence-corrected chi connectivity index (χ0v) is 15.3. The lowest BCUT2D eigenvalue weighted by Gasteiger charge is -2.52. The average Bonchev–Trinajstić information content (AvgIpc) is 3.19. The molecule has 3 fully saturated rings. The van der Waals surface area contributed by atoms with E-state index in [1.807, 2.05) is 0 Å². The third kappa shape index (κ3) is 2.56. The number of hydrogen-bond donors (Lipinski definition) is 0. The van der Waals surface area contributed by atoms with E-state index in [0.717, 1.165) is 44.9 Å². The molecule has 0 spiro atoms. The van der Waals surface area contributed by atoms with Crippen LogP contribution in [0.1, 0.15) is 58.8 Å². The lowest BCUT2D eigenvalue weighted by Crippen LogP contribution is -2.53. The molecule has 0 N–H and O–H groups in total. The highest BCUT2D eigenvalue weighted by atomic mass is 16.6. The summed E-state index contributed by atoms with van der Waals surface area (Å²) < 4.78 is 11.8. The Morgan fingerprint density at radius 3 is 2.76 bits per heavy atom. The number of carbonyl (C=O) groups excluding carboxylic acids is 2. The summed E-state index contributed by atoms with van der Waals surface area (Å²) in [6.07, 6.45) is 8.67. The van der Waals surface area contributed by atoms with E-state index >= 15 is 0 Å². The van der Waals surface area contributed by atoms with E-state index in [-0.39, 0.29) is 47.3 Å². The zero-order chi connectivity index (χ0) is 17.8. The van der Waals surface area contributed by atoms with Crippen LogP contribution in [0, 0.1) is 23.2 Å². The van der Waals surface area contributed by atoms with Gasteiger partial charge in [0.2, 0.25) is 0 Å². The maximum Gasteiger partial charge on any atom is 0.334 e. The lowest BCUT2D eigenvalue weighted by atomic mass is 9.55. The van der Waals surface area contributed by atoms with E-state index in [1.54, 1.807) is 0 Å². The molecule has 0 aromatic rings. The Balaban J connectivity index is 1.59. The first-order chi connectivity index (χ1) is 11.9. The largest absolute Gasteiger partial charge is 0.461 e. The lowest BCUT2D eigenvalue weighted by molar-refractivity contribution is -0.173. The summed E-state index contributed by atoms with van der Waals surface area (Å²) in [6, 6.07) is 0. The smallest absolute Gasteiger partial charge is 0.334 e. The molecule has 0 unspecified atom stereocenters. The molecule has 1 saturated heterocycles. The van der Waals surface area contributed by atoms with Gasteiger partial charge in [0.05, 0.1) is 5.92 Å². The van der Waals surface area contributed by atoms with Crippen LogP contribution in [0.3, 0.4) is 0 Å². The first-order valence-electron chi connectivity index (χ1n) is 9.68. The van der Waals surface area contributed by atoms with Crippen molar-refractivity contribution in [2.45, 2.75) is 71.0 Å². The molecule has 4 rings (SSSR count). The van der Waals surface area contributed by atoms with Crippen molar-refractivity contribution in [1.82, 2.24) is 0 Å². The molecule has 0 aromatic heterocycles. The van der Waals surface area contributed by atoms with Gasteiger partial charge in [-0.3, -0.25) is 4.79 Å². The van der Waals surface area contributed by atoms with E-state index in [1.165, 1.54) is 5.57 Å². The Labute approximate surface area is 149 Å². The van der Waals surface area contributed by atoms with Crippen LogP contribution in [0.25, 0.3) is 0 Å². The first-order valence-corrected chi connectivity index (χ1v) is 9.68. The Morgan fingerprint density at radius 1 is 1.32 bits per heavy atom.